The van der Waals surface area contributed by atoms with Crippen LogP contribution in [0.15, 0.2) is 12.2 Å². The van der Waals surface area contributed by atoms with Gasteiger partial charge in [-0.05, 0) is 31.6 Å². The van der Waals surface area contributed by atoms with Crippen molar-refractivity contribution in [3.63, 3.8) is 0 Å². The van der Waals surface area contributed by atoms with Crippen molar-refractivity contribution >= 4 is 0 Å². The summed E-state index contributed by atoms with van der Waals surface area (Å²) in [7, 11) is 0. The van der Waals surface area contributed by atoms with E-state index < -0.39 is 0 Å². The van der Waals surface area contributed by atoms with Crippen LogP contribution in [0.3, 0.4) is 0 Å². The minimum atomic E-state index is 0.464. The monoisotopic (exact) mass is 209 g/mol. The lowest BCUT2D eigenvalue weighted by molar-refractivity contribution is -0.0257. The largest absolute Gasteiger partial charge is 0.378 e. The van der Waals surface area contributed by atoms with Gasteiger partial charge in [0.05, 0.1) is 6.10 Å². The second kappa shape index (κ2) is 5.13. The van der Waals surface area contributed by atoms with Gasteiger partial charge in [0.15, 0.2) is 0 Å². The molecule has 1 saturated heterocycles. The van der Waals surface area contributed by atoms with Crippen LogP contribution in [-0.2, 0) is 4.74 Å². The fourth-order valence-electron chi connectivity index (χ4n) is 2.53. The minimum Gasteiger partial charge on any atom is -0.378 e. The Morgan fingerprint density at radius 3 is 2.60 bits per heavy atom. The van der Waals surface area contributed by atoms with Gasteiger partial charge in [-0.15, -0.1) is 0 Å². The van der Waals surface area contributed by atoms with Crippen molar-refractivity contribution < 1.29 is 4.74 Å². The highest BCUT2D eigenvalue weighted by atomic mass is 16.5. The number of hydrogen-bond donors (Lipinski definition) is 1. The van der Waals surface area contributed by atoms with Crippen molar-refractivity contribution in [1.82, 2.24) is 5.32 Å². The van der Waals surface area contributed by atoms with Gasteiger partial charge in [0, 0.05) is 18.7 Å². The molecule has 2 aliphatic rings. The van der Waals surface area contributed by atoms with Crippen molar-refractivity contribution in [2.75, 3.05) is 6.61 Å². The second-order valence-electron chi connectivity index (χ2n) is 5.18. The molecule has 2 heteroatoms. The van der Waals surface area contributed by atoms with Gasteiger partial charge >= 0.3 is 0 Å². The zero-order valence-corrected chi connectivity index (χ0v) is 9.91. The molecule has 1 aliphatic carbocycles. The minimum absolute atomic E-state index is 0.464. The van der Waals surface area contributed by atoms with Gasteiger partial charge in [-0.3, -0.25) is 0 Å². The lowest BCUT2D eigenvalue weighted by atomic mass is 9.94. The first-order valence-corrected chi connectivity index (χ1v) is 6.28. The van der Waals surface area contributed by atoms with E-state index in [1.54, 1.807) is 0 Å². The topological polar surface area (TPSA) is 21.3 Å². The Hall–Kier alpha value is -0.340. The average Bonchev–Trinajstić information content (AvgIpc) is 2.71. The Balaban J connectivity index is 1.77. The van der Waals surface area contributed by atoms with Crippen LogP contribution >= 0.6 is 0 Å². The molecule has 1 aliphatic heterocycles. The van der Waals surface area contributed by atoms with Gasteiger partial charge in [-0.2, -0.15) is 0 Å². The quantitative estimate of drug-likeness (QED) is 0.721. The Labute approximate surface area is 93.1 Å². The first-order valence-electron chi connectivity index (χ1n) is 6.28. The molecule has 2 nitrogen and oxygen atoms in total. The fourth-order valence-corrected chi connectivity index (χ4v) is 2.53. The lowest BCUT2D eigenvalue weighted by Gasteiger charge is -2.34. The summed E-state index contributed by atoms with van der Waals surface area (Å²) in [4.78, 5) is 0. The third-order valence-electron chi connectivity index (χ3n) is 3.54. The third-order valence-corrected chi connectivity index (χ3v) is 3.54. The summed E-state index contributed by atoms with van der Waals surface area (Å²) in [6.45, 7) is 5.44. The Morgan fingerprint density at radius 1 is 1.20 bits per heavy atom. The van der Waals surface area contributed by atoms with Crippen LogP contribution in [-0.4, -0.2) is 24.8 Å². The SMILES string of the molecule is CC(C)C1CC(NC2CC=CC2)CCO1. The van der Waals surface area contributed by atoms with E-state index in [9.17, 15) is 0 Å². The first kappa shape index (κ1) is 11.2. The van der Waals surface area contributed by atoms with E-state index in [2.05, 4.69) is 31.3 Å². The van der Waals surface area contributed by atoms with Crippen LogP contribution in [0.1, 0.15) is 39.5 Å². The van der Waals surface area contributed by atoms with E-state index >= 15 is 0 Å². The Morgan fingerprint density at radius 2 is 1.93 bits per heavy atom. The zero-order valence-electron chi connectivity index (χ0n) is 9.91. The van der Waals surface area contributed by atoms with Crippen LogP contribution in [0, 0.1) is 5.92 Å². The summed E-state index contributed by atoms with van der Waals surface area (Å²) in [5.41, 5.74) is 0. The van der Waals surface area contributed by atoms with Gasteiger partial charge in [0.1, 0.15) is 0 Å². The molecule has 2 unspecified atom stereocenters. The molecule has 0 amide bonds. The molecular weight excluding hydrogens is 186 g/mol. The number of ether oxygens (including phenoxy) is 1. The zero-order chi connectivity index (χ0) is 10.7. The maximum absolute atomic E-state index is 5.78. The van der Waals surface area contributed by atoms with Gasteiger partial charge in [-0.1, -0.05) is 26.0 Å². The van der Waals surface area contributed by atoms with E-state index in [1.165, 1.54) is 25.7 Å². The van der Waals surface area contributed by atoms with E-state index in [0.717, 1.165) is 6.61 Å². The molecule has 15 heavy (non-hydrogen) atoms. The molecule has 0 bridgehead atoms. The summed E-state index contributed by atoms with van der Waals surface area (Å²) < 4.78 is 5.78. The van der Waals surface area contributed by atoms with E-state index in [0.29, 0.717) is 24.1 Å². The molecule has 1 N–H and O–H groups in total. The number of nitrogens with one attached hydrogen (secondary N) is 1. The first-order chi connectivity index (χ1) is 7.25. The predicted octanol–water partition coefficient (Wildman–Crippen LogP) is 2.50. The van der Waals surface area contributed by atoms with Gasteiger partial charge in [0.2, 0.25) is 0 Å². The summed E-state index contributed by atoms with van der Waals surface area (Å²) in [6.07, 6.45) is 9.83. The van der Waals surface area contributed by atoms with Crippen molar-refractivity contribution in [3.05, 3.63) is 12.2 Å². The molecular formula is C13H23NO. The molecule has 0 radical (unpaired) electrons. The van der Waals surface area contributed by atoms with Crippen LogP contribution in [0.4, 0.5) is 0 Å². The summed E-state index contributed by atoms with van der Waals surface area (Å²) in [5, 5.41) is 3.76. The second-order valence-corrected chi connectivity index (χ2v) is 5.18. The Kier molecular flexibility index (Phi) is 3.81. The standard InChI is InChI=1S/C13H23NO/c1-10(2)13-9-12(7-8-15-13)14-11-5-3-4-6-11/h3-4,10-14H,5-9H2,1-2H3. The fraction of sp³-hybridized carbons (Fsp3) is 0.846. The van der Waals surface area contributed by atoms with Crippen molar-refractivity contribution in [2.45, 2.75) is 57.7 Å². The van der Waals surface area contributed by atoms with Crippen LogP contribution < -0.4 is 5.32 Å². The van der Waals surface area contributed by atoms with Crippen molar-refractivity contribution in [3.8, 4) is 0 Å². The maximum atomic E-state index is 5.78. The summed E-state index contributed by atoms with van der Waals surface area (Å²) in [5.74, 6) is 0.649. The van der Waals surface area contributed by atoms with Crippen molar-refractivity contribution in [2.24, 2.45) is 5.92 Å². The van der Waals surface area contributed by atoms with Crippen LogP contribution in [0.2, 0.25) is 0 Å². The molecule has 2 atom stereocenters. The molecule has 0 spiro atoms. The molecule has 0 aromatic heterocycles. The predicted molar refractivity (Wildman–Crippen MR) is 62.9 cm³/mol. The molecule has 0 aromatic rings. The van der Waals surface area contributed by atoms with E-state index in [1.807, 2.05) is 0 Å². The molecule has 1 fully saturated rings. The number of hydrogen-bond acceptors (Lipinski definition) is 2. The molecule has 0 aromatic carbocycles. The van der Waals surface area contributed by atoms with Gasteiger partial charge in [0.25, 0.3) is 0 Å². The van der Waals surface area contributed by atoms with Gasteiger partial charge < -0.3 is 10.1 Å². The van der Waals surface area contributed by atoms with E-state index in [-0.39, 0.29) is 0 Å². The highest BCUT2D eigenvalue weighted by Crippen LogP contribution is 2.22. The maximum Gasteiger partial charge on any atom is 0.0612 e. The molecule has 1 heterocycles. The highest BCUT2D eigenvalue weighted by molar-refractivity contribution is 4.99. The van der Waals surface area contributed by atoms with Gasteiger partial charge in [-0.25, -0.2) is 0 Å². The highest BCUT2D eigenvalue weighted by Gasteiger charge is 2.26. The smallest absolute Gasteiger partial charge is 0.0612 e. The van der Waals surface area contributed by atoms with Crippen LogP contribution in [0.5, 0.6) is 0 Å². The van der Waals surface area contributed by atoms with Crippen LogP contribution in [0.25, 0.3) is 0 Å². The van der Waals surface area contributed by atoms with E-state index in [4.69, 9.17) is 4.74 Å². The molecule has 0 saturated carbocycles. The Bertz CT molecular complexity index is 215. The molecule has 86 valence electrons. The summed E-state index contributed by atoms with van der Waals surface area (Å²) >= 11 is 0. The summed E-state index contributed by atoms with van der Waals surface area (Å²) in [6, 6.07) is 1.37. The normalized spacial score (nSPS) is 32.7. The van der Waals surface area contributed by atoms with Crippen molar-refractivity contribution in [1.29, 1.82) is 0 Å². The lowest BCUT2D eigenvalue weighted by Crippen LogP contribution is -2.44. The average molecular weight is 209 g/mol. The number of rotatable bonds is 3. The molecule has 2 rings (SSSR count). The third kappa shape index (κ3) is 3.05.